The summed E-state index contributed by atoms with van der Waals surface area (Å²) < 4.78 is 0. The number of aliphatic carboxylic acids is 1. The molecule has 0 aliphatic heterocycles. The van der Waals surface area contributed by atoms with Gasteiger partial charge < -0.3 is 15.7 Å². The van der Waals surface area contributed by atoms with Crippen LogP contribution in [0, 0.1) is 0 Å². The lowest BCUT2D eigenvalue weighted by atomic mass is 10.2. The van der Waals surface area contributed by atoms with E-state index in [-0.39, 0.29) is 12.3 Å². The van der Waals surface area contributed by atoms with Gasteiger partial charge in [0.2, 0.25) is 11.8 Å². The number of rotatable bonds is 8. The third kappa shape index (κ3) is 6.48. The van der Waals surface area contributed by atoms with E-state index in [9.17, 15) is 14.4 Å². The van der Waals surface area contributed by atoms with Crippen LogP contribution < -0.4 is 10.6 Å². The van der Waals surface area contributed by atoms with Gasteiger partial charge in [0.15, 0.2) is 0 Å². The van der Waals surface area contributed by atoms with E-state index in [0.717, 1.165) is 0 Å². The minimum absolute atomic E-state index is 0.223. The number of hydrogen-bond acceptors (Lipinski definition) is 4. The standard InChI is InChI=1S/C11H20N2O4S/c1-4-9(14)13-8(5-6-18-3)10(15)12-7(2)11(16)17/h7-8H,4-6H2,1-3H3,(H,12,15)(H,13,14)(H,16,17). The van der Waals surface area contributed by atoms with Crippen LogP contribution in [0.3, 0.4) is 0 Å². The van der Waals surface area contributed by atoms with Gasteiger partial charge in [-0.05, 0) is 25.4 Å². The number of amides is 2. The van der Waals surface area contributed by atoms with Crippen molar-refractivity contribution in [2.75, 3.05) is 12.0 Å². The van der Waals surface area contributed by atoms with Crippen molar-refractivity contribution in [2.45, 2.75) is 38.8 Å². The molecule has 6 nitrogen and oxygen atoms in total. The molecule has 2 amide bonds. The summed E-state index contributed by atoms with van der Waals surface area (Å²) in [5.41, 5.74) is 0. The minimum Gasteiger partial charge on any atom is -0.480 e. The number of thioether (sulfide) groups is 1. The Labute approximate surface area is 111 Å². The molecule has 0 aromatic heterocycles. The molecule has 0 aliphatic carbocycles. The van der Waals surface area contributed by atoms with Crippen LogP contribution in [0.4, 0.5) is 0 Å². The van der Waals surface area contributed by atoms with Crippen molar-refractivity contribution in [3.63, 3.8) is 0 Å². The first-order valence-electron chi connectivity index (χ1n) is 5.73. The summed E-state index contributed by atoms with van der Waals surface area (Å²) in [6.45, 7) is 3.08. The van der Waals surface area contributed by atoms with Crippen molar-refractivity contribution in [1.82, 2.24) is 10.6 Å². The Morgan fingerprint density at radius 3 is 2.33 bits per heavy atom. The fourth-order valence-corrected chi connectivity index (χ4v) is 1.65. The van der Waals surface area contributed by atoms with Gasteiger partial charge in [-0.25, -0.2) is 0 Å². The molecule has 0 saturated heterocycles. The first kappa shape index (κ1) is 16.8. The summed E-state index contributed by atoms with van der Waals surface area (Å²) in [5.74, 6) is -1.07. The topological polar surface area (TPSA) is 95.5 Å². The number of carboxylic acid groups (broad SMARTS) is 1. The highest BCUT2D eigenvalue weighted by Gasteiger charge is 2.23. The highest BCUT2D eigenvalue weighted by Crippen LogP contribution is 2.02. The predicted octanol–water partition coefficient (Wildman–Crippen LogP) is 0.224. The van der Waals surface area contributed by atoms with E-state index in [1.807, 2.05) is 6.26 Å². The van der Waals surface area contributed by atoms with E-state index in [2.05, 4.69) is 10.6 Å². The zero-order valence-corrected chi connectivity index (χ0v) is 11.7. The molecule has 0 bridgehead atoms. The van der Waals surface area contributed by atoms with Crippen molar-refractivity contribution in [2.24, 2.45) is 0 Å². The Bertz CT molecular complexity index is 309. The third-order valence-corrected chi connectivity index (χ3v) is 2.96. The molecule has 0 rings (SSSR count). The van der Waals surface area contributed by atoms with Crippen LogP contribution in [-0.2, 0) is 14.4 Å². The summed E-state index contributed by atoms with van der Waals surface area (Å²) in [5, 5.41) is 13.7. The van der Waals surface area contributed by atoms with E-state index >= 15 is 0 Å². The molecule has 0 spiro atoms. The Morgan fingerprint density at radius 1 is 1.28 bits per heavy atom. The maximum Gasteiger partial charge on any atom is 0.325 e. The van der Waals surface area contributed by atoms with E-state index in [1.165, 1.54) is 6.92 Å². The van der Waals surface area contributed by atoms with Crippen molar-refractivity contribution >= 4 is 29.5 Å². The van der Waals surface area contributed by atoms with Gasteiger partial charge in [0.1, 0.15) is 12.1 Å². The monoisotopic (exact) mass is 276 g/mol. The fourth-order valence-electron chi connectivity index (χ4n) is 1.18. The number of hydrogen-bond donors (Lipinski definition) is 3. The lowest BCUT2D eigenvalue weighted by Gasteiger charge is -2.19. The van der Waals surface area contributed by atoms with Gasteiger partial charge in [0.25, 0.3) is 0 Å². The SMILES string of the molecule is CCC(=O)NC(CCSC)C(=O)NC(C)C(=O)O. The highest BCUT2D eigenvalue weighted by molar-refractivity contribution is 7.98. The molecule has 0 heterocycles. The second-order valence-electron chi connectivity index (χ2n) is 3.82. The maximum absolute atomic E-state index is 11.8. The molecule has 7 heteroatoms. The van der Waals surface area contributed by atoms with E-state index < -0.39 is 24.0 Å². The maximum atomic E-state index is 11.8. The number of carboxylic acids is 1. The summed E-state index contributed by atoms with van der Waals surface area (Å²) in [6, 6.07) is -1.64. The van der Waals surface area contributed by atoms with Crippen molar-refractivity contribution in [3.05, 3.63) is 0 Å². The largest absolute Gasteiger partial charge is 0.480 e. The van der Waals surface area contributed by atoms with Crippen molar-refractivity contribution < 1.29 is 19.5 Å². The van der Waals surface area contributed by atoms with Crippen LogP contribution in [0.1, 0.15) is 26.7 Å². The Balaban J connectivity index is 4.48. The van der Waals surface area contributed by atoms with E-state index in [4.69, 9.17) is 5.11 Å². The average Bonchev–Trinajstić information content (AvgIpc) is 2.33. The summed E-state index contributed by atoms with van der Waals surface area (Å²) in [6.07, 6.45) is 2.67. The molecular formula is C11H20N2O4S. The first-order valence-corrected chi connectivity index (χ1v) is 7.13. The molecule has 0 aromatic rings. The second kappa shape index (κ2) is 8.79. The molecule has 2 atom stereocenters. The molecule has 0 aromatic carbocycles. The van der Waals surface area contributed by atoms with Crippen LogP contribution in [0.25, 0.3) is 0 Å². The fraction of sp³-hybridized carbons (Fsp3) is 0.727. The molecule has 104 valence electrons. The van der Waals surface area contributed by atoms with E-state index in [1.54, 1.807) is 18.7 Å². The van der Waals surface area contributed by atoms with Crippen LogP contribution in [-0.4, -0.2) is 47.0 Å². The number of carbonyl (C=O) groups is 3. The van der Waals surface area contributed by atoms with Crippen LogP contribution in [0.2, 0.25) is 0 Å². The second-order valence-corrected chi connectivity index (χ2v) is 4.81. The predicted molar refractivity (Wildman–Crippen MR) is 70.5 cm³/mol. The van der Waals surface area contributed by atoms with Crippen LogP contribution in [0.15, 0.2) is 0 Å². The van der Waals surface area contributed by atoms with Gasteiger partial charge in [0.05, 0.1) is 0 Å². The molecule has 3 N–H and O–H groups in total. The summed E-state index contributed by atoms with van der Waals surface area (Å²) in [7, 11) is 0. The summed E-state index contributed by atoms with van der Waals surface area (Å²) >= 11 is 1.56. The summed E-state index contributed by atoms with van der Waals surface area (Å²) in [4.78, 5) is 33.8. The smallest absolute Gasteiger partial charge is 0.325 e. The lowest BCUT2D eigenvalue weighted by molar-refractivity contribution is -0.141. The lowest BCUT2D eigenvalue weighted by Crippen LogP contribution is -2.50. The van der Waals surface area contributed by atoms with Gasteiger partial charge >= 0.3 is 5.97 Å². The molecule has 2 unspecified atom stereocenters. The molecule has 0 fully saturated rings. The number of nitrogens with one attached hydrogen (secondary N) is 2. The van der Waals surface area contributed by atoms with Gasteiger partial charge in [-0.2, -0.15) is 11.8 Å². The molecule has 0 saturated carbocycles. The van der Waals surface area contributed by atoms with Crippen molar-refractivity contribution in [1.29, 1.82) is 0 Å². The molecule has 18 heavy (non-hydrogen) atoms. The normalized spacial score (nSPS) is 13.5. The van der Waals surface area contributed by atoms with Gasteiger partial charge in [0, 0.05) is 6.42 Å². The van der Waals surface area contributed by atoms with Crippen molar-refractivity contribution in [3.8, 4) is 0 Å². The van der Waals surface area contributed by atoms with Gasteiger partial charge in [-0.15, -0.1) is 0 Å². The Morgan fingerprint density at radius 2 is 1.89 bits per heavy atom. The van der Waals surface area contributed by atoms with E-state index in [0.29, 0.717) is 12.2 Å². The Hall–Kier alpha value is -1.24. The number of carbonyl (C=O) groups excluding carboxylic acids is 2. The molecular weight excluding hydrogens is 256 g/mol. The van der Waals surface area contributed by atoms with Crippen LogP contribution in [0.5, 0.6) is 0 Å². The minimum atomic E-state index is -1.10. The van der Waals surface area contributed by atoms with Crippen LogP contribution >= 0.6 is 11.8 Å². The van der Waals surface area contributed by atoms with Gasteiger partial charge in [-0.1, -0.05) is 6.92 Å². The average molecular weight is 276 g/mol. The molecule has 0 aliphatic rings. The Kier molecular flexibility index (Phi) is 8.19. The quantitative estimate of drug-likeness (QED) is 0.589. The third-order valence-electron chi connectivity index (χ3n) is 2.31. The first-order chi connectivity index (χ1) is 8.42. The zero-order chi connectivity index (χ0) is 14.1. The van der Waals surface area contributed by atoms with Gasteiger partial charge in [-0.3, -0.25) is 14.4 Å². The molecule has 0 radical (unpaired) electrons. The zero-order valence-electron chi connectivity index (χ0n) is 10.9. The highest BCUT2D eigenvalue weighted by atomic mass is 32.2.